The zero-order valence-corrected chi connectivity index (χ0v) is 14.5. The molecule has 0 unspecified atom stereocenters. The van der Waals surface area contributed by atoms with Crippen LogP contribution in [0.3, 0.4) is 0 Å². The predicted octanol–water partition coefficient (Wildman–Crippen LogP) is 1.29. The number of hydrogen-bond donors (Lipinski definition) is 1. The molecule has 0 bridgehead atoms. The highest BCUT2D eigenvalue weighted by molar-refractivity contribution is 7.89. The van der Waals surface area contributed by atoms with Gasteiger partial charge in [-0.2, -0.15) is 4.31 Å². The first-order chi connectivity index (χ1) is 9.78. The van der Waals surface area contributed by atoms with E-state index in [1.165, 1.54) is 4.31 Å². The molecule has 0 amide bonds. The highest BCUT2D eigenvalue weighted by Gasteiger charge is 2.22. The van der Waals surface area contributed by atoms with Gasteiger partial charge in [-0.15, -0.1) is 0 Å². The van der Waals surface area contributed by atoms with Crippen LogP contribution < -0.4 is 5.32 Å². The zero-order valence-electron chi connectivity index (χ0n) is 13.7. The number of aryl methyl sites for hydroxylation is 1. The lowest BCUT2D eigenvalue weighted by Crippen LogP contribution is -2.34. The second kappa shape index (κ2) is 7.89. The highest BCUT2D eigenvalue weighted by atomic mass is 32.2. The molecular weight excluding hydrogens is 286 g/mol. The summed E-state index contributed by atoms with van der Waals surface area (Å²) >= 11 is 0. The summed E-state index contributed by atoms with van der Waals surface area (Å²) < 4.78 is 26.8. The molecule has 0 spiro atoms. The number of nitrogens with zero attached hydrogens (tertiary/aromatic N) is 2. The topological polar surface area (TPSA) is 52.7 Å². The Kier molecular flexibility index (Phi) is 6.80. The van der Waals surface area contributed by atoms with Crippen molar-refractivity contribution in [3.63, 3.8) is 0 Å². The van der Waals surface area contributed by atoms with Gasteiger partial charge in [0.15, 0.2) is 0 Å². The molecule has 6 heteroatoms. The van der Waals surface area contributed by atoms with E-state index in [-0.39, 0.29) is 0 Å². The van der Waals surface area contributed by atoms with Crippen molar-refractivity contribution in [1.82, 2.24) is 14.5 Å². The largest absolute Gasteiger partial charge is 0.313 e. The first-order valence-electron chi connectivity index (χ1n) is 7.20. The van der Waals surface area contributed by atoms with Gasteiger partial charge in [0.2, 0.25) is 10.0 Å². The molecule has 21 heavy (non-hydrogen) atoms. The summed E-state index contributed by atoms with van der Waals surface area (Å²) in [4.78, 5) is 2.37. The van der Waals surface area contributed by atoms with Gasteiger partial charge in [0.25, 0.3) is 0 Å². The van der Waals surface area contributed by atoms with E-state index in [4.69, 9.17) is 0 Å². The molecule has 0 saturated carbocycles. The molecule has 0 radical (unpaired) electrons. The van der Waals surface area contributed by atoms with E-state index < -0.39 is 10.0 Å². The number of hydrogen-bond acceptors (Lipinski definition) is 4. The van der Waals surface area contributed by atoms with E-state index in [0.29, 0.717) is 24.5 Å². The lowest BCUT2D eigenvalue weighted by Gasteiger charge is -2.21. The SMILES string of the molecule is CCNCc1ccc(C)c(S(=O)(=O)N(C)CCN(C)C)c1. The van der Waals surface area contributed by atoms with Crippen LogP contribution in [0.25, 0.3) is 0 Å². The van der Waals surface area contributed by atoms with Crippen LogP contribution in [0.5, 0.6) is 0 Å². The molecule has 5 nitrogen and oxygen atoms in total. The number of likely N-dealkylation sites (N-methyl/N-ethyl adjacent to an activating group) is 2. The molecule has 0 atom stereocenters. The molecule has 0 aliphatic carbocycles. The van der Waals surface area contributed by atoms with Crippen LogP contribution in [0.2, 0.25) is 0 Å². The van der Waals surface area contributed by atoms with E-state index >= 15 is 0 Å². The standard InChI is InChI=1S/C15H27N3O2S/c1-6-16-12-14-8-7-13(2)15(11-14)21(19,20)18(5)10-9-17(3)4/h7-8,11,16H,6,9-10,12H2,1-5H3. The van der Waals surface area contributed by atoms with Gasteiger partial charge in [-0.25, -0.2) is 8.42 Å². The van der Waals surface area contributed by atoms with Crippen LogP contribution in [0, 0.1) is 6.92 Å². The lowest BCUT2D eigenvalue weighted by atomic mass is 10.1. The van der Waals surface area contributed by atoms with Crippen molar-refractivity contribution in [3.8, 4) is 0 Å². The predicted molar refractivity (Wildman–Crippen MR) is 86.9 cm³/mol. The third-order valence-electron chi connectivity index (χ3n) is 3.38. The Balaban J connectivity index is 3.00. The first kappa shape index (κ1) is 18.1. The van der Waals surface area contributed by atoms with Gasteiger partial charge >= 0.3 is 0 Å². The third kappa shape index (κ3) is 5.07. The molecular formula is C15H27N3O2S. The average molecular weight is 313 g/mol. The third-order valence-corrected chi connectivity index (χ3v) is 5.38. The Bertz CT molecular complexity index is 556. The summed E-state index contributed by atoms with van der Waals surface area (Å²) in [6.07, 6.45) is 0. The smallest absolute Gasteiger partial charge is 0.243 e. The van der Waals surface area contributed by atoms with E-state index in [1.807, 2.05) is 45.0 Å². The van der Waals surface area contributed by atoms with Gasteiger partial charge < -0.3 is 10.2 Å². The first-order valence-corrected chi connectivity index (χ1v) is 8.64. The van der Waals surface area contributed by atoms with E-state index in [9.17, 15) is 8.42 Å². The number of nitrogens with one attached hydrogen (secondary N) is 1. The molecule has 1 aromatic carbocycles. The minimum Gasteiger partial charge on any atom is -0.313 e. The van der Waals surface area contributed by atoms with Crippen LogP contribution >= 0.6 is 0 Å². The van der Waals surface area contributed by atoms with Crippen LogP contribution in [-0.2, 0) is 16.6 Å². The molecule has 120 valence electrons. The van der Waals surface area contributed by atoms with Crippen molar-refractivity contribution in [2.45, 2.75) is 25.3 Å². The van der Waals surface area contributed by atoms with Crippen LogP contribution in [0.1, 0.15) is 18.1 Å². The zero-order chi connectivity index (χ0) is 16.0. The van der Waals surface area contributed by atoms with E-state index in [2.05, 4.69) is 5.32 Å². The molecule has 0 saturated heterocycles. The molecule has 0 fully saturated rings. The molecule has 1 aromatic rings. The van der Waals surface area contributed by atoms with Gasteiger partial charge in [0, 0.05) is 26.7 Å². The summed E-state index contributed by atoms with van der Waals surface area (Å²) in [6, 6.07) is 5.62. The highest BCUT2D eigenvalue weighted by Crippen LogP contribution is 2.20. The van der Waals surface area contributed by atoms with Gasteiger partial charge in [0.1, 0.15) is 0 Å². The fourth-order valence-electron chi connectivity index (χ4n) is 1.93. The Morgan fingerprint density at radius 1 is 1.14 bits per heavy atom. The molecule has 1 rings (SSSR count). The number of rotatable bonds is 8. The average Bonchev–Trinajstić information content (AvgIpc) is 2.43. The molecule has 0 aromatic heterocycles. The van der Waals surface area contributed by atoms with Gasteiger partial charge in [-0.1, -0.05) is 19.1 Å². The quantitative estimate of drug-likeness (QED) is 0.786. The van der Waals surface area contributed by atoms with Crippen LogP contribution in [-0.4, -0.2) is 58.4 Å². The fraction of sp³-hybridized carbons (Fsp3) is 0.600. The van der Waals surface area contributed by atoms with Gasteiger partial charge in [-0.05, 0) is 44.8 Å². The molecule has 0 aliphatic rings. The lowest BCUT2D eigenvalue weighted by molar-refractivity contribution is 0.358. The summed E-state index contributed by atoms with van der Waals surface area (Å²) in [7, 11) is 2.07. The monoisotopic (exact) mass is 313 g/mol. The molecule has 1 N–H and O–H groups in total. The van der Waals surface area contributed by atoms with E-state index in [1.54, 1.807) is 13.1 Å². The second-order valence-corrected chi connectivity index (χ2v) is 7.52. The van der Waals surface area contributed by atoms with Gasteiger partial charge in [0.05, 0.1) is 4.90 Å². The van der Waals surface area contributed by atoms with Crippen LogP contribution in [0.15, 0.2) is 23.1 Å². The summed E-state index contributed by atoms with van der Waals surface area (Å²) in [5.41, 5.74) is 1.77. The molecule has 0 aliphatic heterocycles. The number of benzene rings is 1. The maximum Gasteiger partial charge on any atom is 0.243 e. The second-order valence-electron chi connectivity index (χ2n) is 5.51. The normalized spacial score (nSPS) is 12.3. The Labute approximate surface area is 129 Å². The Hall–Kier alpha value is -0.950. The van der Waals surface area contributed by atoms with E-state index in [0.717, 1.165) is 17.7 Å². The van der Waals surface area contributed by atoms with Crippen molar-refractivity contribution in [3.05, 3.63) is 29.3 Å². The summed E-state index contributed by atoms with van der Waals surface area (Å²) in [5.74, 6) is 0. The minimum atomic E-state index is -3.43. The van der Waals surface area contributed by atoms with Crippen molar-refractivity contribution in [2.24, 2.45) is 0 Å². The maximum absolute atomic E-state index is 12.7. The Morgan fingerprint density at radius 3 is 2.38 bits per heavy atom. The van der Waals surface area contributed by atoms with Gasteiger partial charge in [-0.3, -0.25) is 0 Å². The van der Waals surface area contributed by atoms with Crippen molar-refractivity contribution in [2.75, 3.05) is 40.8 Å². The minimum absolute atomic E-state index is 0.402. The summed E-state index contributed by atoms with van der Waals surface area (Å²) in [6.45, 7) is 6.59. The van der Waals surface area contributed by atoms with Crippen molar-refractivity contribution >= 4 is 10.0 Å². The fourth-order valence-corrected chi connectivity index (χ4v) is 3.36. The maximum atomic E-state index is 12.7. The van der Waals surface area contributed by atoms with Crippen molar-refractivity contribution < 1.29 is 8.42 Å². The van der Waals surface area contributed by atoms with Crippen LogP contribution in [0.4, 0.5) is 0 Å². The summed E-state index contributed by atoms with van der Waals surface area (Å²) in [5, 5.41) is 3.22. The number of sulfonamides is 1. The van der Waals surface area contributed by atoms with Crippen molar-refractivity contribution in [1.29, 1.82) is 0 Å². The molecule has 0 heterocycles. The Morgan fingerprint density at radius 2 is 1.81 bits per heavy atom.